The van der Waals surface area contributed by atoms with Crippen molar-refractivity contribution >= 4 is 50.8 Å². The molecule has 1 amide bonds. The normalized spacial score (nSPS) is 14.8. The van der Waals surface area contributed by atoms with E-state index in [4.69, 9.17) is 11.6 Å². The molecule has 0 aliphatic carbocycles. The molecule has 8 heteroatoms. The summed E-state index contributed by atoms with van der Waals surface area (Å²) in [5.41, 5.74) is 2.71. The van der Waals surface area contributed by atoms with Gasteiger partial charge in [-0.3, -0.25) is 9.20 Å². The molecule has 0 spiro atoms. The molecule has 1 aromatic carbocycles. The monoisotopic (exact) mass is 428 g/mol. The van der Waals surface area contributed by atoms with E-state index in [1.807, 2.05) is 56.6 Å². The number of anilines is 1. The van der Waals surface area contributed by atoms with E-state index in [1.165, 1.54) is 11.3 Å². The number of thiazole rings is 1. The lowest BCUT2D eigenvalue weighted by molar-refractivity contribution is 0.0740. The fourth-order valence-corrected chi connectivity index (χ4v) is 5.19. The average Bonchev–Trinajstić information content (AvgIpc) is 3.44. The first-order chi connectivity index (χ1) is 13.7. The largest absolute Gasteiger partial charge is 0.368 e. The van der Waals surface area contributed by atoms with E-state index in [0.29, 0.717) is 18.8 Å². The Kier molecular flexibility index (Phi) is 4.58. The van der Waals surface area contributed by atoms with Gasteiger partial charge in [-0.1, -0.05) is 23.7 Å². The molecular weight excluding hydrogens is 412 g/mol. The van der Waals surface area contributed by atoms with Crippen molar-refractivity contribution < 1.29 is 4.79 Å². The third-order valence-electron chi connectivity index (χ3n) is 4.94. The van der Waals surface area contributed by atoms with Gasteiger partial charge < -0.3 is 9.80 Å². The zero-order chi connectivity index (χ0) is 19.1. The number of carbonyl (C=O) groups is 1. The third-order valence-corrected chi connectivity index (χ3v) is 6.91. The van der Waals surface area contributed by atoms with Crippen molar-refractivity contribution in [3.8, 4) is 10.6 Å². The smallest absolute Gasteiger partial charge is 0.271 e. The van der Waals surface area contributed by atoms with E-state index < -0.39 is 0 Å². The van der Waals surface area contributed by atoms with E-state index in [9.17, 15) is 4.79 Å². The van der Waals surface area contributed by atoms with Gasteiger partial charge in [-0.2, -0.15) is 0 Å². The van der Waals surface area contributed by atoms with Crippen LogP contribution in [0.2, 0.25) is 5.02 Å². The minimum Gasteiger partial charge on any atom is -0.368 e. The fraction of sp³-hybridized carbons (Fsp3) is 0.200. The molecule has 0 N–H and O–H groups in total. The third kappa shape index (κ3) is 3.19. The summed E-state index contributed by atoms with van der Waals surface area (Å²) in [6.07, 6.45) is 1.97. The van der Waals surface area contributed by atoms with Gasteiger partial charge in [0.2, 0.25) is 0 Å². The summed E-state index contributed by atoms with van der Waals surface area (Å²) >= 11 is 9.27. The van der Waals surface area contributed by atoms with Gasteiger partial charge in [0.05, 0.1) is 4.88 Å². The number of amides is 1. The highest BCUT2D eigenvalue weighted by atomic mass is 35.5. The minimum atomic E-state index is 0.0622. The van der Waals surface area contributed by atoms with Gasteiger partial charge in [0.15, 0.2) is 4.96 Å². The van der Waals surface area contributed by atoms with Gasteiger partial charge in [0.1, 0.15) is 11.4 Å². The molecule has 0 unspecified atom stereocenters. The lowest BCUT2D eigenvalue weighted by Crippen LogP contribution is -2.49. The van der Waals surface area contributed by atoms with Crippen molar-refractivity contribution in [3.05, 3.63) is 64.1 Å². The predicted octanol–water partition coefficient (Wildman–Crippen LogP) is 4.74. The Bertz CT molecular complexity index is 1130. The van der Waals surface area contributed by atoms with Crippen molar-refractivity contribution in [2.45, 2.75) is 0 Å². The number of rotatable bonds is 3. The maximum atomic E-state index is 13.1. The van der Waals surface area contributed by atoms with Crippen LogP contribution in [0.15, 0.2) is 53.4 Å². The molecule has 0 saturated carbocycles. The van der Waals surface area contributed by atoms with Crippen LogP contribution in [-0.4, -0.2) is 46.4 Å². The number of imidazole rings is 1. The van der Waals surface area contributed by atoms with Crippen LogP contribution < -0.4 is 4.90 Å². The Labute approximate surface area is 175 Å². The summed E-state index contributed by atoms with van der Waals surface area (Å²) in [4.78, 5) is 23.9. The predicted molar refractivity (Wildman–Crippen MR) is 116 cm³/mol. The van der Waals surface area contributed by atoms with Crippen LogP contribution in [0.1, 0.15) is 10.5 Å². The van der Waals surface area contributed by atoms with Crippen LogP contribution in [0.5, 0.6) is 0 Å². The number of halogens is 1. The second-order valence-corrected chi connectivity index (χ2v) is 8.86. The maximum Gasteiger partial charge on any atom is 0.271 e. The van der Waals surface area contributed by atoms with Crippen LogP contribution >= 0.6 is 34.3 Å². The van der Waals surface area contributed by atoms with Gasteiger partial charge in [-0.25, -0.2) is 4.98 Å². The number of aromatic nitrogens is 2. The van der Waals surface area contributed by atoms with Crippen LogP contribution in [0.25, 0.3) is 15.5 Å². The van der Waals surface area contributed by atoms with Gasteiger partial charge in [0, 0.05) is 48.5 Å². The highest BCUT2D eigenvalue weighted by molar-refractivity contribution is 7.15. The van der Waals surface area contributed by atoms with E-state index in [2.05, 4.69) is 16.0 Å². The first-order valence-corrected chi connectivity index (χ1v) is 11.1. The first kappa shape index (κ1) is 17.7. The number of thiophene rings is 1. The fourth-order valence-electron chi connectivity index (χ4n) is 3.48. The van der Waals surface area contributed by atoms with Gasteiger partial charge in [0.25, 0.3) is 5.91 Å². The summed E-state index contributed by atoms with van der Waals surface area (Å²) < 4.78 is 1.92. The van der Waals surface area contributed by atoms with Gasteiger partial charge >= 0.3 is 0 Å². The summed E-state index contributed by atoms with van der Waals surface area (Å²) in [5, 5.41) is 4.68. The molecule has 5 nitrogen and oxygen atoms in total. The van der Waals surface area contributed by atoms with Crippen molar-refractivity contribution in [1.82, 2.24) is 14.3 Å². The average molecular weight is 429 g/mol. The molecular formula is C20H17ClN4OS2. The second kappa shape index (κ2) is 7.24. The van der Waals surface area contributed by atoms with Crippen LogP contribution in [0.3, 0.4) is 0 Å². The van der Waals surface area contributed by atoms with E-state index >= 15 is 0 Å². The zero-order valence-electron chi connectivity index (χ0n) is 14.9. The molecule has 0 atom stereocenters. The lowest BCUT2D eigenvalue weighted by atomic mass is 10.2. The topological polar surface area (TPSA) is 40.9 Å². The molecule has 1 fully saturated rings. The summed E-state index contributed by atoms with van der Waals surface area (Å²) in [6.45, 7) is 2.97. The number of nitrogens with zero attached hydrogens (tertiary/aromatic N) is 4. The summed E-state index contributed by atoms with van der Waals surface area (Å²) in [7, 11) is 0. The molecule has 28 heavy (non-hydrogen) atoms. The van der Waals surface area contributed by atoms with Crippen molar-refractivity contribution in [2.75, 3.05) is 31.1 Å². The van der Waals surface area contributed by atoms with E-state index in [1.54, 1.807) is 11.3 Å². The lowest BCUT2D eigenvalue weighted by Gasteiger charge is -2.36. The highest BCUT2D eigenvalue weighted by Crippen LogP contribution is 2.28. The van der Waals surface area contributed by atoms with Crippen LogP contribution in [0, 0.1) is 0 Å². The highest BCUT2D eigenvalue weighted by Gasteiger charge is 2.25. The SMILES string of the molecule is O=C(c1csc2nc(-c3cccs3)cn12)N1CCN(c2cccc(Cl)c2)CC1. The number of hydrogen-bond donors (Lipinski definition) is 0. The molecule has 1 aliphatic rings. The molecule has 0 radical (unpaired) electrons. The van der Waals surface area contributed by atoms with Crippen molar-refractivity contribution in [2.24, 2.45) is 0 Å². The molecule has 0 bridgehead atoms. The Morgan fingerprint density at radius 2 is 1.93 bits per heavy atom. The van der Waals surface area contributed by atoms with Gasteiger partial charge in [-0.15, -0.1) is 22.7 Å². The van der Waals surface area contributed by atoms with Crippen molar-refractivity contribution in [1.29, 1.82) is 0 Å². The number of hydrogen-bond acceptors (Lipinski definition) is 5. The second-order valence-electron chi connectivity index (χ2n) is 6.64. The zero-order valence-corrected chi connectivity index (χ0v) is 17.3. The molecule has 1 aliphatic heterocycles. The van der Waals surface area contributed by atoms with E-state index in [-0.39, 0.29) is 5.91 Å². The Morgan fingerprint density at radius 1 is 1.07 bits per heavy atom. The number of fused-ring (bicyclic) bond motifs is 1. The molecule has 142 valence electrons. The van der Waals surface area contributed by atoms with E-state index in [0.717, 1.165) is 39.3 Å². The Balaban J connectivity index is 1.33. The summed E-state index contributed by atoms with van der Waals surface area (Å²) in [5.74, 6) is 0.0622. The molecule has 4 heterocycles. The molecule has 3 aromatic heterocycles. The standard InChI is InChI=1S/C20H17ClN4OS2/c21-14-3-1-4-15(11-14)23-6-8-24(9-7-23)19(26)17-13-28-20-22-16(12-25(17)20)18-5-2-10-27-18/h1-5,10-13H,6-9H2. The van der Waals surface area contributed by atoms with Crippen molar-refractivity contribution in [3.63, 3.8) is 0 Å². The summed E-state index contributed by atoms with van der Waals surface area (Å²) in [6, 6.07) is 11.9. The van der Waals surface area contributed by atoms with Crippen LogP contribution in [-0.2, 0) is 0 Å². The Morgan fingerprint density at radius 3 is 2.68 bits per heavy atom. The molecule has 5 rings (SSSR count). The number of carbonyl (C=O) groups excluding carboxylic acids is 1. The molecule has 1 saturated heterocycles. The number of benzene rings is 1. The van der Waals surface area contributed by atoms with Crippen LogP contribution in [0.4, 0.5) is 5.69 Å². The Hall–Kier alpha value is -2.35. The molecule has 4 aromatic rings. The quantitative estimate of drug-likeness (QED) is 0.473. The number of piperazine rings is 1. The first-order valence-electron chi connectivity index (χ1n) is 8.99. The minimum absolute atomic E-state index is 0.0622. The maximum absolute atomic E-state index is 13.1. The van der Waals surface area contributed by atoms with Gasteiger partial charge in [-0.05, 0) is 29.6 Å².